The maximum absolute atomic E-state index is 2.47. The van der Waals surface area contributed by atoms with Crippen molar-refractivity contribution in [1.82, 2.24) is 0 Å². The molecule has 0 saturated heterocycles. The quantitative estimate of drug-likeness (QED) is 0.412. The van der Waals surface area contributed by atoms with Gasteiger partial charge in [-0.3, -0.25) is 0 Å². The first kappa shape index (κ1) is 12.2. The third-order valence-electron chi connectivity index (χ3n) is 3.44. The Hall–Kier alpha value is -0.310. The fraction of sp³-hybridized carbons (Fsp3) is 0.467. The molecule has 1 aromatic rings. The van der Waals surface area contributed by atoms with Crippen molar-refractivity contribution in [2.24, 2.45) is 0 Å². The minimum absolute atomic E-state index is 0.804. The fourth-order valence-corrected chi connectivity index (χ4v) is 2.82. The van der Waals surface area contributed by atoms with Crippen molar-refractivity contribution in [1.29, 1.82) is 0 Å². The van der Waals surface area contributed by atoms with Crippen molar-refractivity contribution in [2.75, 3.05) is 4.43 Å². The van der Waals surface area contributed by atoms with Crippen molar-refractivity contribution in [3.05, 3.63) is 47.5 Å². The molecule has 0 bridgehead atoms. The topological polar surface area (TPSA) is 0 Å². The summed E-state index contributed by atoms with van der Waals surface area (Å²) in [5, 5.41) is 0. The Bertz CT molecular complexity index is 330. The van der Waals surface area contributed by atoms with Gasteiger partial charge in [0.25, 0.3) is 0 Å². The molecule has 0 amide bonds. The van der Waals surface area contributed by atoms with Gasteiger partial charge in [0.2, 0.25) is 0 Å². The minimum Gasteiger partial charge on any atom is -0.0860 e. The zero-order chi connectivity index (χ0) is 11.2. The third kappa shape index (κ3) is 3.34. The average Bonchev–Trinajstić information content (AvgIpc) is 2.38. The van der Waals surface area contributed by atoms with E-state index in [9.17, 15) is 0 Å². The number of hydrogen-bond donors (Lipinski definition) is 0. The predicted octanol–water partition coefficient (Wildman–Crippen LogP) is 5.10. The molecular formula is C15H19I. The van der Waals surface area contributed by atoms with Crippen LogP contribution in [-0.4, -0.2) is 4.43 Å². The van der Waals surface area contributed by atoms with Gasteiger partial charge in [-0.15, -0.1) is 0 Å². The van der Waals surface area contributed by atoms with Gasteiger partial charge in [0, 0.05) is 4.43 Å². The molecule has 1 heteroatoms. The predicted molar refractivity (Wildman–Crippen MR) is 79.2 cm³/mol. The number of allylic oxidation sites excluding steroid dienone is 2. The van der Waals surface area contributed by atoms with Crippen molar-refractivity contribution in [3.8, 4) is 0 Å². The second kappa shape index (κ2) is 6.43. The molecule has 0 nitrogen and oxygen atoms in total. The standard InChI is InChI=1S/C15H19I/c16-12-4-5-13-8-10-15(11-9-13)14-6-2-1-3-7-14/h1-3,5-7,15H,4,8-12H2. The molecule has 0 heterocycles. The van der Waals surface area contributed by atoms with Gasteiger partial charge in [-0.2, -0.15) is 0 Å². The molecule has 0 radical (unpaired) electrons. The van der Waals surface area contributed by atoms with Crippen LogP contribution in [0.15, 0.2) is 42.0 Å². The van der Waals surface area contributed by atoms with Gasteiger partial charge >= 0.3 is 0 Å². The molecule has 0 N–H and O–H groups in total. The van der Waals surface area contributed by atoms with Crippen LogP contribution in [0.2, 0.25) is 0 Å². The third-order valence-corrected chi connectivity index (χ3v) is 4.06. The molecule has 86 valence electrons. The summed E-state index contributed by atoms with van der Waals surface area (Å²) < 4.78 is 1.25. The first-order chi connectivity index (χ1) is 7.90. The van der Waals surface area contributed by atoms with Gasteiger partial charge in [-0.1, -0.05) is 64.6 Å². The molecule has 1 aliphatic carbocycles. The van der Waals surface area contributed by atoms with Gasteiger partial charge in [0.1, 0.15) is 0 Å². The number of hydrogen-bond acceptors (Lipinski definition) is 0. The molecule has 1 saturated carbocycles. The minimum atomic E-state index is 0.804. The average molecular weight is 326 g/mol. The van der Waals surface area contributed by atoms with Gasteiger partial charge in [-0.05, 0) is 43.6 Å². The van der Waals surface area contributed by atoms with E-state index >= 15 is 0 Å². The highest BCUT2D eigenvalue weighted by Crippen LogP contribution is 2.35. The summed E-state index contributed by atoms with van der Waals surface area (Å²) >= 11 is 2.45. The summed E-state index contributed by atoms with van der Waals surface area (Å²) in [5.74, 6) is 0.804. The van der Waals surface area contributed by atoms with E-state index in [-0.39, 0.29) is 0 Å². The fourth-order valence-electron chi connectivity index (χ4n) is 2.51. The van der Waals surface area contributed by atoms with Gasteiger partial charge in [0.05, 0.1) is 0 Å². The van der Waals surface area contributed by atoms with Crippen LogP contribution >= 0.6 is 22.6 Å². The van der Waals surface area contributed by atoms with E-state index in [0.29, 0.717) is 0 Å². The first-order valence-electron chi connectivity index (χ1n) is 6.19. The maximum Gasteiger partial charge on any atom is 0.00300 e. The molecule has 0 aromatic heterocycles. The highest BCUT2D eigenvalue weighted by atomic mass is 127. The number of benzene rings is 1. The largest absolute Gasteiger partial charge is 0.0860 e. The van der Waals surface area contributed by atoms with Crippen molar-refractivity contribution < 1.29 is 0 Å². The van der Waals surface area contributed by atoms with Crippen LogP contribution in [0, 0.1) is 0 Å². The lowest BCUT2D eigenvalue weighted by atomic mass is 9.81. The van der Waals surface area contributed by atoms with E-state index in [1.807, 2.05) is 0 Å². The summed E-state index contributed by atoms with van der Waals surface area (Å²) in [7, 11) is 0. The van der Waals surface area contributed by atoms with Gasteiger partial charge in [-0.25, -0.2) is 0 Å². The van der Waals surface area contributed by atoms with Crippen LogP contribution in [0.3, 0.4) is 0 Å². The lowest BCUT2D eigenvalue weighted by Gasteiger charge is -2.24. The van der Waals surface area contributed by atoms with Crippen molar-refractivity contribution in [3.63, 3.8) is 0 Å². The molecule has 0 unspecified atom stereocenters. The summed E-state index contributed by atoms with van der Waals surface area (Å²) in [6.45, 7) is 0. The zero-order valence-corrected chi connectivity index (χ0v) is 11.8. The van der Waals surface area contributed by atoms with Crippen LogP contribution in [0.4, 0.5) is 0 Å². The van der Waals surface area contributed by atoms with Crippen LogP contribution in [-0.2, 0) is 0 Å². The molecule has 2 rings (SSSR count). The monoisotopic (exact) mass is 326 g/mol. The molecule has 16 heavy (non-hydrogen) atoms. The lowest BCUT2D eigenvalue weighted by Crippen LogP contribution is -2.06. The lowest BCUT2D eigenvalue weighted by molar-refractivity contribution is 0.515. The molecule has 1 aromatic carbocycles. The molecule has 0 aliphatic heterocycles. The van der Waals surface area contributed by atoms with E-state index in [2.05, 4.69) is 59.0 Å². The van der Waals surface area contributed by atoms with Crippen molar-refractivity contribution >= 4 is 22.6 Å². The Labute approximate surface area is 112 Å². The van der Waals surface area contributed by atoms with E-state index in [0.717, 1.165) is 5.92 Å². The Morgan fingerprint density at radius 3 is 2.44 bits per heavy atom. The molecule has 0 atom stereocenters. The molecule has 1 aliphatic rings. The van der Waals surface area contributed by atoms with E-state index in [1.54, 1.807) is 5.57 Å². The number of alkyl halides is 1. The molecule has 0 spiro atoms. The Balaban J connectivity index is 1.90. The summed E-state index contributed by atoms with van der Waals surface area (Å²) in [4.78, 5) is 0. The summed E-state index contributed by atoms with van der Waals surface area (Å²) in [6, 6.07) is 11.0. The first-order valence-corrected chi connectivity index (χ1v) is 7.71. The highest BCUT2D eigenvalue weighted by Gasteiger charge is 2.17. The van der Waals surface area contributed by atoms with Gasteiger partial charge < -0.3 is 0 Å². The van der Waals surface area contributed by atoms with Crippen LogP contribution in [0.5, 0.6) is 0 Å². The highest BCUT2D eigenvalue weighted by molar-refractivity contribution is 14.1. The SMILES string of the molecule is ICCC=C1CCC(c2ccccc2)CC1. The zero-order valence-electron chi connectivity index (χ0n) is 9.66. The maximum atomic E-state index is 2.47. The Morgan fingerprint density at radius 2 is 1.81 bits per heavy atom. The summed E-state index contributed by atoms with van der Waals surface area (Å²) in [6.07, 6.45) is 9.04. The van der Waals surface area contributed by atoms with E-state index in [4.69, 9.17) is 0 Å². The number of halogens is 1. The second-order valence-corrected chi connectivity index (χ2v) is 5.60. The van der Waals surface area contributed by atoms with Crippen molar-refractivity contribution in [2.45, 2.75) is 38.0 Å². The Kier molecular flexibility index (Phi) is 4.89. The van der Waals surface area contributed by atoms with Crippen LogP contribution in [0.25, 0.3) is 0 Å². The number of rotatable bonds is 3. The molecular weight excluding hydrogens is 307 g/mol. The van der Waals surface area contributed by atoms with Crippen LogP contribution < -0.4 is 0 Å². The smallest absolute Gasteiger partial charge is 0.00300 e. The second-order valence-electron chi connectivity index (χ2n) is 4.52. The van der Waals surface area contributed by atoms with Crippen LogP contribution in [0.1, 0.15) is 43.6 Å². The molecule has 1 fully saturated rings. The van der Waals surface area contributed by atoms with E-state index < -0.39 is 0 Å². The van der Waals surface area contributed by atoms with E-state index in [1.165, 1.54) is 42.1 Å². The van der Waals surface area contributed by atoms with Gasteiger partial charge in [0.15, 0.2) is 0 Å². The summed E-state index contributed by atoms with van der Waals surface area (Å²) in [5.41, 5.74) is 3.24. The normalized spacial score (nSPS) is 20.8. The Morgan fingerprint density at radius 1 is 1.12 bits per heavy atom.